The Kier molecular flexibility index (Phi) is 1.14. The minimum atomic E-state index is -1.11. The normalized spacial score (nSPS) is 21.0. The Morgan fingerprint density at radius 1 is 1.83 bits per heavy atom. The number of aliphatic hydroxyl groups is 1. The van der Waals surface area contributed by atoms with Crippen molar-refractivity contribution >= 4 is 0 Å². The number of phenolic OH excluding ortho intramolecular Hbond substituents is 1. The summed E-state index contributed by atoms with van der Waals surface area (Å²) >= 11 is 0. The molecule has 1 aromatic carbocycles. The molecule has 0 aliphatic carbocycles. The SMILES string of the molecule is [2H]Oc1c([2H])c([2H])c([2H])c([C@H](CN([2H])C)O[2H])c1[2H]. The largest absolute Gasteiger partial charge is 0.508 e. The van der Waals surface area contributed by atoms with Gasteiger partial charge in [0, 0.05) is 6.54 Å². The van der Waals surface area contributed by atoms with Crippen LogP contribution < -0.4 is 5.31 Å². The van der Waals surface area contributed by atoms with Crippen LogP contribution in [0.15, 0.2) is 24.2 Å². The first-order chi connectivity index (χ1) is 8.84. The van der Waals surface area contributed by atoms with Gasteiger partial charge in [0.25, 0.3) is 1.43 Å². The highest BCUT2D eigenvalue weighted by atomic mass is 16.3. The Bertz CT molecular complexity index is 469. The van der Waals surface area contributed by atoms with Crippen molar-refractivity contribution in [2.45, 2.75) is 6.10 Å². The van der Waals surface area contributed by atoms with Crippen molar-refractivity contribution in [3.05, 3.63) is 29.7 Å². The number of hydrogen-bond acceptors (Lipinski definition) is 3. The second kappa shape index (κ2) is 4.09. The molecule has 0 bridgehead atoms. The highest BCUT2D eigenvalue weighted by Crippen LogP contribution is 2.17. The molecule has 1 aromatic rings. The second-order valence-electron chi connectivity index (χ2n) is 2.23. The van der Waals surface area contributed by atoms with E-state index in [1.165, 1.54) is 7.05 Å². The Morgan fingerprint density at radius 2 is 2.75 bits per heavy atom. The summed E-state index contributed by atoms with van der Waals surface area (Å²) < 4.78 is 51.7. The molecule has 0 spiro atoms. The monoisotopic (exact) mass is 174 g/mol. The van der Waals surface area contributed by atoms with E-state index in [0.717, 1.165) is 5.31 Å². The van der Waals surface area contributed by atoms with E-state index < -0.39 is 36.0 Å². The third kappa shape index (κ3) is 2.22. The molecule has 0 fully saturated rings. The highest BCUT2D eigenvalue weighted by Gasteiger charge is 2.05. The number of aromatic hydroxyl groups is 1. The van der Waals surface area contributed by atoms with Gasteiger partial charge in [-0.3, -0.25) is 0 Å². The second-order valence-corrected chi connectivity index (χ2v) is 2.23. The van der Waals surface area contributed by atoms with E-state index >= 15 is 0 Å². The molecule has 0 radical (unpaired) electrons. The number of phenols is 1. The smallest absolute Gasteiger partial charge is 0.293 e. The average Bonchev–Trinajstić information content (AvgIpc) is 2.35. The molecule has 3 nitrogen and oxygen atoms in total. The van der Waals surface area contributed by atoms with Gasteiger partial charge in [0.1, 0.15) is 7.16 Å². The summed E-state index contributed by atoms with van der Waals surface area (Å²) in [4.78, 5) is 0. The lowest BCUT2D eigenvalue weighted by Gasteiger charge is -2.09. The molecule has 0 aliphatic heterocycles. The first-order valence-electron chi connectivity index (χ1n) is 6.66. The topological polar surface area (TPSA) is 52.5 Å². The summed E-state index contributed by atoms with van der Waals surface area (Å²) in [5.41, 5.74) is -0.141. The van der Waals surface area contributed by atoms with Gasteiger partial charge in [-0.2, -0.15) is 0 Å². The maximum Gasteiger partial charge on any atom is 0.293 e. The Morgan fingerprint density at radius 3 is 3.42 bits per heavy atom. The molecule has 0 saturated heterocycles. The fourth-order valence-corrected chi connectivity index (χ4v) is 0.758. The van der Waals surface area contributed by atoms with Gasteiger partial charge >= 0.3 is 0 Å². The van der Waals surface area contributed by atoms with Crippen LogP contribution in [0.5, 0.6) is 5.75 Å². The molecular formula is C9H13NO2. The van der Waals surface area contributed by atoms with E-state index in [1.807, 2.05) is 0 Å². The summed E-state index contributed by atoms with van der Waals surface area (Å²) in [7, 11) is 1.40. The number of aliphatic hydroxyl groups excluding tert-OH is 1. The van der Waals surface area contributed by atoms with E-state index in [0.29, 0.717) is 0 Å². The predicted octanol–water partition coefficient (Wildman–Crippen LogP) is 0.645. The molecule has 1 rings (SSSR count). The zero-order chi connectivity index (χ0) is 14.7. The van der Waals surface area contributed by atoms with Crippen molar-refractivity contribution in [3.63, 3.8) is 0 Å². The highest BCUT2D eigenvalue weighted by molar-refractivity contribution is 5.28. The third-order valence-electron chi connectivity index (χ3n) is 1.29. The van der Waals surface area contributed by atoms with Crippen molar-refractivity contribution in [3.8, 4) is 5.75 Å². The molecule has 0 unspecified atom stereocenters. The number of benzene rings is 1. The summed E-state index contributed by atoms with van der Waals surface area (Å²) in [6.07, 6.45) is -1.11. The molecule has 3 N–H and O–H groups in total. The van der Waals surface area contributed by atoms with E-state index in [-0.39, 0.29) is 12.1 Å². The van der Waals surface area contributed by atoms with Gasteiger partial charge in [-0.25, -0.2) is 0 Å². The van der Waals surface area contributed by atoms with Gasteiger partial charge in [0.2, 0.25) is 1.43 Å². The van der Waals surface area contributed by atoms with Gasteiger partial charge in [-0.1, -0.05) is 12.1 Å². The van der Waals surface area contributed by atoms with E-state index in [1.54, 1.807) is 0 Å². The third-order valence-corrected chi connectivity index (χ3v) is 1.29. The lowest BCUT2D eigenvalue weighted by Crippen LogP contribution is -2.16. The van der Waals surface area contributed by atoms with E-state index in [4.69, 9.17) is 9.76 Å². The minimum Gasteiger partial charge on any atom is -0.508 e. The van der Waals surface area contributed by atoms with Crippen molar-refractivity contribution in [2.24, 2.45) is 0 Å². The fourth-order valence-electron chi connectivity index (χ4n) is 0.758. The van der Waals surface area contributed by atoms with Crippen LogP contribution in [0.1, 0.15) is 17.2 Å². The van der Waals surface area contributed by atoms with Crippen LogP contribution in [0.25, 0.3) is 0 Å². The summed E-state index contributed by atoms with van der Waals surface area (Å²) in [6, 6.07) is -1.92. The molecule has 0 saturated carbocycles. The number of nitrogens with one attached hydrogen (secondary N) is 1. The van der Waals surface area contributed by atoms with E-state index in [2.05, 4.69) is 10.2 Å². The van der Waals surface area contributed by atoms with Crippen molar-refractivity contribution in [2.75, 3.05) is 13.6 Å². The van der Waals surface area contributed by atoms with Crippen molar-refractivity contribution in [1.82, 2.24) is 5.31 Å². The fraction of sp³-hybridized carbons (Fsp3) is 0.333. The molecule has 0 aliphatic rings. The maximum atomic E-state index is 7.79. The summed E-state index contributed by atoms with van der Waals surface area (Å²) in [5.74, 6) is -0.467. The number of rotatable bonds is 5. The van der Waals surface area contributed by atoms with Gasteiger partial charge in [-0.15, -0.1) is 0 Å². The molecule has 0 heterocycles. The first-order valence-corrected chi connectivity index (χ1v) is 3.40. The summed E-state index contributed by atoms with van der Waals surface area (Å²) in [6.45, 7) is -0.102. The lowest BCUT2D eigenvalue weighted by atomic mass is 10.1. The van der Waals surface area contributed by atoms with Crippen LogP contribution in [0, 0.1) is 0 Å². The van der Waals surface area contributed by atoms with Crippen LogP contribution in [0.3, 0.4) is 0 Å². The van der Waals surface area contributed by atoms with Crippen LogP contribution in [-0.2, 0) is 0 Å². The predicted molar refractivity (Wildman–Crippen MR) is 47.0 cm³/mol. The quantitative estimate of drug-likeness (QED) is 0.614. The van der Waals surface area contributed by atoms with Crippen LogP contribution in [0.2, 0.25) is 1.41 Å². The van der Waals surface area contributed by atoms with E-state index in [9.17, 15) is 0 Å². The van der Waals surface area contributed by atoms with Crippen LogP contribution >= 0.6 is 0 Å². The zero-order valence-corrected chi connectivity index (χ0v) is 6.55. The molecule has 0 amide bonds. The minimum absolute atomic E-state index is 0.102. The molecule has 12 heavy (non-hydrogen) atoms. The van der Waals surface area contributed by atoms with Gasteiger partial charge in [0.15, 0.2) is 0 Å². The number of likely N-dealkylation sites (N-methyl/N-ethyl adjacent to an activating group) is 1. The first kappa shape index (κ1) is 3.36. The lowest BCUT2D eigenvalue weighted by molar-refractivity contribution is 0.177. The number of hydrogen-bond donors (Lipinski definition) is 3. The molecule has 0 aromatic heterocycles. The molecule has 3 heteroatoms. The van der Waals surface area contributed by atoms with Crippen molar-refractivity contribution in [1.29, 1.82) is 2.86 Å². The molecular weight excluding hydrogens is 154 g/mol. The Balaban J connectivity index is 3.45. The van der Waals surface area contributed by atoms with Gasteiger partial charge < -0.3 is 15.5 Å². The van der Waals surface area contributed by atoms with Crippen molar-refractivity contribution < 1.29 is 17.1 Å². The molecule has 66 valence electrons. The van der Waals surface area contributed by atoms with Gasteiger partial charge in [0.05, 0.1) is 11.6 Å². The van der Waals surface area contributed by atoms with Crippen LogP contribution in [-0.4, -0.2) is 26.7 Å². The average molecular weight is 174 g/mol. The Hall–Kier alpha value is -1.06. The summed E-state index contributed by atoms with van der Waals surface area (Å²) in [5, 5.41) is 9.49. The molecule has 1 atom stereocenters. The van der Waals surface area contributed by atoms with Gasteiger partial charge in [-0.05, 0) is 24.7 Å². The Labute approximate surface area is 81.7 Å². The standard InChI is InChI=1S/C9H13NO2/c1-10-6-9(12)7-3-2-4-8(11)5-7/h2-5,9-12H,6H2,1H3/t9-/m0/s1/i2D,3D,4D,5D,12D/hD2. The maximum absolute atomic E-state index is 7.79. The van der Waals surface area contributed by atoms with Crippen LogP contribution in [0.4, 0.5) is 0 Å². The zero-order valence-electron chi connectivity index (χ0n) is 13.5.